The van der Waals surface area contributed by atoms with E-state index in [-0.39, 0.29) is 5.15 Å². The van der Waals surface area contributed by atoms with E-state index in [0.29, 0.717) is 0 Å². The molecule has 0 saturated carbocycles. The Morgan fingerprint density at radius 1 is 1.57 bits per heavy atom. The molecule has 76 valence electrons. The lowest BCUT2D eigenvalue weighted by molar-refractivity contribution is 0.0998. The number of hydrogen-bond donors (Lipinski definition) is 2. The molecule has 0 aromatic carbocycles. The van der Waals surface area contributed by atoms with Crippen molar-refractivity contribution in [1.29, 1.82) is 0 Å². The van der Waals surface area contributed by atoms with Crippen molar-refractivity contribution in [3.8, 4) is 0 Å². The van der Waals surface area contributed by atoms with Gasteiger partial charge in [-0.3, -0.25) is 9.59 Å². The molecule has 0 spiro atoms. The number of carbonyl (C=O) groups is 1. The molecule has 0 aliphatic carbocycles. The average molecular weight is 223 g/mol. The first-order chi connectivity index (χ1) is 6.45. The lowest BCUT2D eigenvalue weighted by Crippen LogP contribution is -2.25. The Bertz CT molecular complexity index is 430. The van der Waals surface area contributed by atoms with Crippen LogP contribution in [0.2, 0.25) is 5.15 Å². The molecule has 1 amide bonds. The van der Waals surface area contributed by atoms with Crippen LogP contribution in [0.3, 0.4) is 0 Å². The molecule has 1 heterocycles. The minimum atomic E-state index is -2.98. The van der Waals surface area contributed by atoms with Gasteiger partial charge in [-0.05, 0) is 0 Å². The van der Waals surface area contributed by atoms with Gasteiger partial charge in [0, 0.05) is 6.20 Å². The van der Waals surface area contributed by atoms with Gasteiger partial charge in [-0.1, -0.05) is 11.6 Å². The highest BCUT2D eigenvalue weighted by Gasteiger charge is 2.20. The summed E-state index contributed by atoms with van der Waals surface area (Å²) in [7, 11) is 0. The van der Waals surface area contributed by atoms with Gasteiger partial charge >= 0.3 is 0 Å². The normalized spacial score (nSPS) is 10.6. The van der Waals surface area contributed by atoms with Crippen molar-refractivity contribution in [3.63, 3.8) is 0 Å². The molecule has 7 heteroatoms. The van der Waals surface area contributed by atoms with Gasteiger partial charge in [-0.2, -0.15) is 0 Å². The number of hydrogen-bond acceptors (Lipinski definition) is 2. The zero-order chi connectivity index (χ0) is 10.9. The van der Waals surface area contributed by atoms with Crippen molar-refractivity contribution in [2.45, 2.75) is 6.43 Å². The first-order valence-corrected chi connectivity index (χ1v) is 3.82. The molecule has 0 bridgehead atoms. The van der Waals surface area contributed by atoms with Crippen molar-refractivity contribution in [1.82, 2.24) is 4.98 Å². The van der Waals surface area contributed by atoms with Crippen LogP contribution < -0.4 is 11.2 Å². The molecule has 1 aromatic rings. The van der Waals surface area contributed by atoms with E-state index in [1.807, 2.05) is 0 Å². The largest absolute Gasteiger partial charge is 0.365 e. The number of aromatic nitrogens is 1. The number of alkyl halides is 2. The lowest BCUT2D eigenvalue weighted by atomic mass is 10.2. The van der Waals surface area contributed by atoms with Crippen LogP contribution in [-0.2, 0) is 0 Å². The first kappa shape index (κ1) is 10.6. The summed E-state index contributed by atoms with van der Waals surface area (Å²) in [4.78, 5) is 24.0. The third kappa shape index (κ3) is 1.74. The molecule has 0 saturated heterocycles. The Labute approximate surface area is 81.7 Å². The second kappa shape index (κ2) is 3.75. The second-order valence-electron chi connectivity index (χ2n) is 2.43. The number of pyridine rings is 1. The Hall–Kier alpha value is -1.43. The molecule has 1 aromatic heterocycles. The van der Waals surface area contributed by atoms with Crippen molar-refractivity contribution in [2.24, 2.45) is 5.73 Å². The molecular formula is C7H5ClF2N2O2. The van der Waals surface area contributed by atoms with Crippen LogP contribution >= 0.6 is 11.6 Å². The number of rotatable bonds is 2. The lowest BCUT2D eigenvalue weighted by Gasteiger charge is -2.02. The van der Waals surface area contributed by atoms with Gasteiger partial charge in [-0.25, -0.2) is 8.78 Å². The van der Waals surface area contributed by atoms with Crippen molar-refractivity contribution >= 4 is 17.5 Å². The molecule has 1 rings (SSSR count). The first-order valence-electron chi connectivity index (χ1n) is 3.44. The maximum atomic E-state index is 12.2. The number of primary amides is 1. The monoisotopic (exact) mass is 222 g/mol. The second-order valence-corrected chi connectivity index (χ2v) is 2.81. The number of aromatic amines is 1. The van der Waals surface area contributed by atoms with Crippen LogP contribution in [0.1, 0.15) is 22.3 Å². The summed E-state index contributed by atoms with van der Waals surface area (Å²) in [5.41, 5.74) is 2.17. The number of nitrogens with two attached hydrogens (primary N) is 1. The molecule has 0 fully saturated rings. The van der Waals surface area contributed by atoms with Crippen LogP contribution in [0.4, 0.5) is 8.78 Å². The summed E-state index contributed by atoms with van der Waals surface area (Å²) >= 11 is 5.40. The number of carbonyl (C=O) groups excluding carboxylic acids is 1. The highest BCUT2D eigenvalue weighted by Crippen LogP contribution is 2.17. The van der Waals surface area contributed by atoms with Gasteiger partial charge in [0.15, 0.2) is 0 Å². The molecule has 4 nitrogen and oxygen atoms in total. The number of amides is 1. The summed E-state index contributed by atoms with van der Waals surface area (Å²) in [6.07, 6.45) is -2.23. The summed E-state index contributed by atoms with van der Waals surface area (Å²) in [6.45, 7) is 0. The van der Waals surface area contributed by atoms with Crippen molar-refractivity contribution in [2.75, 3.05) is 0 Å². The van der Waals surface area contributed by atoms with E-state index >= 15 is 0 Å². The highest BCUT2D eigenvalue weighted by molar-refractivity contribution is 6.32. The molecule has 14 heavy (non-hydrogen) atoms. The topological polar surface area (TPSA) is 76.0 Å². The van der Waals surface area contributed by atoms with E-state index in [4.69, 9.17) is 17.3 Å². The minimum Gasteiger partial charge on any atom is -0.365 e. The molecule has 3 N–H and O–H groups in total. The number of halogens is 3. The van der Waals surface area contributed by atoms with Crippen LogP contribution in [-0.4, -0.2) is 10.9 Å². The fraction of sp³-hybridized carbons (Fsp3) is 0.143. The van der Waals surface area contributed by atoms with Gasteiger partial charge in [-0.15, -0.1) is 0 Å². The molecule has 0 atom stereocenters. The third-order valence-corrected chi connectivity index (χ3v) is 1.84. The van der Waals surface area contributed by atoms with E-state index in [0.717, 1.165) is 6.20 Å². The minimum absolute atomic E-state index is 0.341. The third-order valence-electron chi connectivity index (χ3n) is 1.54. The standard InChI is InChI=1S/C7H5ClF2N2O2/c8-5-3(7(11)14)4(13)2(1-12-5)6(9)10/h1,6H,(H2,11,14)(H,12,13). The zero-order valence-electron chi connectivity index (χ0n) is 6.68. The van der Waals surface area contributed by atoms with E-state index in [1.54, 1.807) is 0 Å². The Morgan fingerprint density at radius 2 is 2.14 bits per heavy atom. The van der Waals surface area contributed by atoms with E-state index in [2.05, 4.69) is 4.98 Å². The molecule has 0 aliphatic rings. The van der Waals surface area contributed by atoms with Crippen molar-refractivity contribution < 1.29 is 13.6 Å². The van der Waals surface area contributed by atoms with Gasteiger partial charge in [0.2, 0.25) is 5.43 Å². The Morgan fingerprint density at radius 3 is 2.57 bits per heavy atom. The predicted octanol–water partition coefficient (Wildman–Crippen LogP) is 1.06. The summed E-state index contributed by atoms with van der Waals surface area (Å²) in [5, 5.41) is -0.341. The summed E-state index contributed by atoms with van der Waals surface area (Å²) in [5.74, 6) is -1.14. The summed E-state index contributed by atoms with van der Waals surface area (Å²) in [6, 6.07) is 0. The predicted molar refractivity (Wildman–Crippen MR) is 45.5 cm³/mol. The van der Waals surface area contributed by atoms with Gasteiger partial charge in [0.05, 0.1) is 5.56 Å². The maximum Gasteiger partial charge on any atom is 0.269 e. The zero-order valence-corrected chi connectivity index (χ0v) is 7.44. The van der Waals surface area contributed by atoms with E-state index in [9.17, 15) is 18.4 Å². The van der Waals surface area contributed by atoms with Crippen LogP contribution in [0.5, 0.6) is 0 Å². The fourth-order valence-electron chi connectivity index (χ4n) is 0.905. The van der Waals surface area contributed by atoms with Crippen LogP contribution in [0.25, 0.3) is 0 Å². The molecular weight excluding hydrogens is 218 g/mol. The number of H-pyrrole nitrogens is 1. The van der Waals surface area contributed by atoms with Gasteiger partial charge in [0.25, 0.3) is 12.3 Å². The molecule has 0 unspecified atom stereocenters. The maximum absolute atomic E-state index is 12.2. The van der Waals surface area contributed by atoms with Crippen molar-refractivity contribution in [3.05, 3.63) is 32.7 Å². The fourth-order valence-corrected chi connectivity index (χ4v) is 1.14. The van der Waals surface area contributed by atoms with E-state index in [1.165, 1.54) is 0 Å². The van der Waals surface area contributed by atoms with Crippen LogP contribution in [0, 0.1) is 0 Å². The van der Waals surface area contributed by atoms with E-state index < -0.39 is 28.9 Å². The Balaban J connectivity index is 3.50. The average Bonchev–Trinajstić information content (AvgIpc) is 2.02. The highest BCUT2D eigenvalue weighted by atomic mass is 35.5. The number of nitrogens with one attached hydrogen (secondary N) is 1. The Kier molecular flexibility index (Phi) is 2.85. The quantitative estimate of drug-likeness (QED) is 0.735. The smallest absolute Gasteiger partial charge is 0.269 e. The molecule has 0 radical (unpaired) electrons. The van der Waals surface area contributed by atoms with Gasteiger partial charge in [0.1, 0.15) is 10.7 Å². The SMILES string of the molecule is NC(=O)c1c(Cl)[nH]cc(C(F)F)c1=O. The van der Waals surface area contributed by atoms with Gasteiger partial charge < -0.3 is 10.7 Å². The molecule has 0 aliphatic heterocycles. The summed E-state index contributed by atoms with van der Waals surface area (Å²) < 4.78 is 24.4. The van der Waals surface area contributed by atoms with Crippen LogP contribution in [0.15, 0.2) is 11.0 Å².